The van der Waals surface area contributed by atoms with Crippen LogP contribution in [0.1, 0.15) is 54.7 Å². The molecule has 0 bridgehead atoms. The molecular formula is C29H32F3N3O7. The molecule has 13 heteroatoms. The predicted molar refractivity (Wildman–Crippen MR) is 145 cm³/mol. The van der Waals surface area contributed by atoms with E-state index in [9.17, 15) is 22.8 Å². The quantitative estimate of drug-likeness (QED) is 0.228. The number of rotatable bonds is 7. The van der Waals surface area contributed by atoms with Crippen molar-refractivity contribution in [2.24, 2.45) is 0 Å². The Morgan fingerprint density at radius 2 is 1.67 bits per heavy atom. The molecule has 10 nitrogen and oxygen atoms in total. The van der Waals surface area contributed by atoms with Crippen molar-refractivity contribution in [3.63, 3.8) is 0 Å². The minimum absolute atomic E-state index is 0.0339. The number of hydroxylamine groups is 1. The van der Waals surface area contributed by atoms with Gasteiger partial charge in [-0.15, -0.1) is 0 Å². The number of aryl methyl sites for hydroxylation is 1. The number of benzene rings is 2. The Morgan fingerprint density at radius 1 is 1.07 bits per heavy atom. The number of pyridine rings is 1. The van der Waals surface area contributed by atoms with Gasteiger partial charge in [-0.1, -0.05) is 18.2 Å². The van der Waals surface area contributed by atoms with Gasteiger partial charge in [0.2, 0.25) is 5.91 Å². The van der Waals surface area contributed by atoms with Gasteiger partial charge < -0.3 is 19.9 Å². The number of fused-ring (bicyclic) bond motifs is 1. The number of nitrogens with zero attached hydrogens (tertiary/aromatic N) is 1. The minimum atomic E-state index is -5.08. The van der Waals surface area contributed by atoms with Crippen molar-refractivity contribution in [1.82, 2.24) is 15.8 Å². The maximum atomic E-state index is 13.1. The van der Waals surface area contributed by atoms with E-state index >= 15 is 0 Å². The number of amides is 2. The van der Waals surface area contributed by atoms with Gasteiger partial charge >= 0.3 is 12.1 Å². The van der Waals surface area contributed by atoms with Crippen molar-refractivity contribution < 1.29 is 47.3 Å². The average Bonchev–Trinajstić information content (AvgIpc) is 2.90. The fourth-order valence-corrected chi connectivity index (χ4v) is 5.00. The Labute approximate surface area is 239 Å². The third kappa shape index (κ3) is 8.88. The number of hydrogen-bond donors (Lipinski definition) is 4. The molecule has 0 radical (unpaired) electrons. The van der Waals surface area contributed by atoms with Crippen molar-refractivity contribution in [3.05, 3.63) is 71.4 Å². The van der Waals surface area contributed by atoms with Gasteiger partial charge in [-0.05, 0) is 70.0 Å². The SMILES string of the molecule is Cc1cc(COc2ccc(C(=O)N[C@@]3(CC(=O)NO)C[C@@H](C)O[C@@H](C)C3)cc2)c2ccccc2n1.O=C(O)C(F)(F)F. The first kappa shape index (κ1) is 32.3. The van der Waals surface area contributed by atoms with E-state index in [0.717, 1.165) is 22.2 Å². The molecule has 226 valence electrons. The summed E-state index contributed by atoms with van der Waals surface area (Å²) in [6.07, 6.45) is -4.44. The van der Waals surface area contributed by atoms with Crippen molar-refractivity contribution in [1.29, 1.82) is 0 Å². The molecule has 3 atom stereocenters. The molecule has 2 heterocycles. The van der Waals surface area contributed by atoms with E-state index in [0.29, 0.717) is 30.8 Å². The second kappa shape index (κ2) is 13.6. The zero-order valence-corrected chi connectivity index (χ0v) is 23.2. The number of aromatic nitrogens is 1. The van der Waals surface area contributed by atoms with Gasteiger partial charge in [0.05, 0.1) is 29.7 Å². The van der Waals surface area contributed by atoms with Crippen LogP contribution in [0.3, 0.4) is 0 Å². The predicted octanol–water partition coefficient (Wildman–Crippen LogP) is 4.71. The fraction of sp³-hybridized carbons (Fsp3) is 0.379. The van der Waals surface area contributed by atoms with Crippen LogP contribution >= 0.6 is 0 Å². The molecule has 1 saturated heterocycles. The molecular weight excluding hydrogens is 559 g/mol. The summed E-state index contributed by atoms with van der Waals surface area (Å²) in [5, 5.41) is 20.3. The number of carboxylic acids is 1. The van der Waals surface area contributed by atoms with Crippen molar-refractivity contribution in [3.8, 4) is 5.75 Å². The molecule has 2 aromatic carbocycles. The van der Waals surface area contributed by atoms with Gasteiger partial charge in [-0.2, -0.15) is 13.2 Å². The molecule has 1 fully saturated rings. The first-order valence-electron chi connectivity index (χ1n) is 13.0. The Morgan fingerprint density at radius 3 is 2.24 bits per heavy atom. The lowest BCUT2D eigenvalue weighted by molar-refractivity contribution is -0.192. The summed E-state index contributed by atoms with van der Waals surface area (Å²) in [7, 11) is 0. The lowest BCUT2D eigenvalue weighted by atomic mass is 9.80. The van der Waals surface area contributed by atoms with Crippen molar-refractivity contribution in [2.45, 2.75) is 70.6 Å². The maximum Gasteiger partial charge on any atom is 0.490 e. The highest BCUT2D eigenvalue weighted by Crippen LogP contribution is 2.32. The van der Waals surface area contributed by atoms with E-state index < -0.39 is 23.6 Å². The first-order valence-corrected chi connectivity index (χ1v) is 13.0. The van der Waals surface area contributed by atoms with Crippen LogP contribution in [0, 0.1) is 6.92 Å². The lowest BCUT2D eigenvalue weighted by Gasteiger charge is -2.43. The third-order valence-electron chi connectivity index (χ3n) is 6.51. The summed E-state index contributed by atoms with van der Waals surface area (Å²) in [5.74, 6) is -2.95. The van der Waals surface area contributed by atoms with E-state index in [2.05, 4.69) is 10.3 Å². The van der Waals surface area contributed by atoms with Gasteiger partial charge in [0, 0.05) is 22.2 Å². The number of aliphatic carboxylic acids is 1. The summed E-state index contributed by atoms with van der Waals surface area (Å²) in [5.41, 5.74) is 4.22. The van der Waals surface area contributed by atoms with Gasteiger partial charge in [-0.3, -0.25) is 19.8 Å². The molecule has 1 aliphatic heterocycles. The topological polar surface area (TPSA) is 147 Å². The van der Waals surface area contributed by atoms with E-state index in [1.165, 1.54) is 0 Å². The van der Waals surface area contributed by atoms with Crippen LogP contribution in [-0.2, 0) is 20.9 Å². The summed E-state index contributed by atoms with van der Waals surface area (Å²) in [4.78, 5) is 38.5. The second-order valence-electron chi connectivity index (χ2n) is 10.2. The molecule has 4 rings (SSSR count). The van der Waals surface area contributed by atoms with Crippen LogP contribution < -0.4 is 15.5 Å². The van der Waals surface area contributed by atoms with Crippen molar-refractivity contribution in [2.75, 3.05) is 0 Å². The highest BCUT2D eigenvalue weighted by atomic mass is 19.4. The lowest BCUT2D eigenvalue weighted by Crippen LogP contribution is -2.57. The standard InChI is InChI=1S/C27H31N3O5.C2HF3O2/c1-17-12-21(23-6-4-5-7-24(23)28-17)16-34-22-10-8-20(9-11-22)26(32)29-27(15-25(31)30-33)13-18(2)35-19(3)14-27;3-2(4,5)1(6)7/h4-12,18-19,33H,13-16H2,1-3H3,(H,29,32)(H,30,31);(H,6,7)/t18-,19+,27+;. The summed E-state index contributed by atoms with van der Waals surface area (Å²) >= 11 is 0. The normalized spacial score (nSPS) is 20.2. The van der Waals surface area contributed by atoms with Crippen LogP contribution in [0.4, 0.5) is 13.2 Å². The number of carbonyl (C=O) groups is 3. The monoisotopic (exact) mass is 591 g/mol. The Balaban J connectivity index is 0.000000616. The molecule has 0 unspecified atom stereocenters. The van der Waals surface area contributed by atoms with Crippen LogP contribution in [0.2, 0.25) is 0 Å². The minimum Gasteiger partial charge on any atom is -0.489 e. The molecule has 1 aromatic heterocycles. The summed E-state index contributed by atoms with van der Waals surface area (Å²) in [6, 6.07) is 16.9. The molecule has 0 aliphatic carbocycles. The van der Waals surface area contributed by atoms with Gasteiger partial charge in [0.25, 0.3) is 5.91 Å². The molecule has 2 amide bonds. The molecule has 0 saturated carbocycles. The number of alkyl halides is 3. The van der Waals surface area contributed by atoms with Crippen LogP contribution in [-0.4, -0.2) is 57.0 Å². The number of hydrogen-bond acceptors (Lipinski definition) is 7. The zero-order valence-electron chi connectivity index (χ0n) is 23.2. The summed E-state index contributed by atoms with van der Waals surface area (Å²) < 4.78 is 43.5. The second-order valence-corrected chi connectivity index (χ2v) is 10.2. The smallest absolute Gasteiger partial charge is 0.489 e. The Kier molecular flexibility index (Phi) is 10.5. The number of para-hydroxylation sites is 1. The highest BCUT2D eigenvalue weighted by Gasteiger charge is 2.41. The van der Waals surface area contributed by atoms with Crippen LogP contribution in [0.15, 0.2) is 54.6 Å². The largest absolute Gasteiger partial charge is 0.490 e. The average molecular weight is 592 g/mol. The maximum absolute atomic E-state index is 13.1. The summed E-state index contributed by atoms with van der Waals surface area (Å²) in [6.45, 7) is 6.16. The highest BCUT2D eigenvalue weighted by molar-refractivity contribution is 5.95. The van der Waals surface area contributed by atoms with E-state index in [1.807, 2.05) is 51.1 Å². The fourth-order valence-electron chi connectivity index (χ4n) is 5.00. The van der Waals surface area contributed by atoms with Crippen molar-refractivity contribution >= 4 is 28.7 Å². The molecule has 42 heavy (non-hydrogen) atoms. The number of carboxylic acid groups (broad SMARTS) is 1. The third-order valence-corrected chi connectivity index (χ3v) is 6.51. The van der Waals surface area contributed by atoms with E-state index in [1.54, 1.807) is 29.7 Å². The number of halogens is 3. The van der Waals surface area contributed by atoms with E-state index in [-0.39, 0.29) is 24.5 Å². The molecule has 0 spiro atoms. The number of ether oxygens (including phenoxy) is 2. The Bertz CT molecular complexity index is 1400. The Hall–Kier alpha value is -4.23. The first-order chi connectivity index (χ1) is 19.7. The molecule has 3 aromatic rings. The van der Waals surface area contributed by atoms with Gasteiger partial charge in [0.1, 0.15) is 12.4 Å². The van der Waals surface area contributed by atoms with Gasteiger partial charge in [-0.25, -0.2) is 10.3 Å². The molecule has 4 N–H and O–H groups in total. The van der Waals surface area contributed by atoms with Crippen LogP contribution in [0.25, 0.3) is 10.9 Å². The zero-order chi connectivity index (χ0) is 31.1. The van der Waals surface area contributed by atoms with Crippen LogP contribution in [0.5, 0.6) is 5.75 Å². The number of carbonyl (C=O) groups excluding carboxylic acids is 2. The van der Waals surface area contributed by atoms with E-state index in [4.69, 9.17) is 24.6 Å². The molecule has 1 aliphatic rings. The number of nitrogens with one attached hydrogen (secondary N) is 2. The van der Waals surface area contributed by atoms with Gasteiger partial charge in [0.15, 0.2) is 0 Å².